The third-order valence-corrected chi connectivity index (χ3v) is 5.57. The Morgan fingerprint density at radius 3 is 2.52 bits per heavy atom. The minimum atomic E-state index is -0.608. The van der Waals surface area contributed by atoms with E-state index in [2.05, 4.69) is 0 Å². The summed E-state index contributed by atoms with van der Waals surface area (Å²) in [6.07, 6.45) is 1.68. The second-order valence-electron chi connectivity index (χ2n) is 6.97. The van der Waals surface area contributed by atoms with Gasteiger partial charge in [0.1, 0.15) is 5.56 Å². The molecule has 132 valence electrons. The van der Waals surface area contributed by atoms with Crippen LogP contribution in [0.5, 0.6) is 0 Å². The van der Waals surface area contributed by atoms with Gasteiger partial charge in [0, 0.05) is 36.0 Å². The largest absolute Gasteiger partial charge is 0.345 e. The molecule has 0 amide bonds. The Hall–Kier alpha value is -3.54. The zero-order valence-corrected chi connectivity index (χ0v) is 14.4. The highest BCUT2D eigenvalue weighted by atomic mass is 16.6. The maximum absolute atomic E-state index is 13.2. The lowest BCUT2D eigenvalue weighted by molar-refractivity contribution is -0.385. The molecule has 2 heterocycles. The molecule has 3 aromatic rings. The van der Waals surface area contributed by atoms with Crippen LogP contribution >= 0.6 is 0 Å². The Labute approximate surface area is 154 Å². The molecule has 0 bridgehead atoms. The number of benzene rings is 2. The van der Waals surface area contributed by atoms with Crippen molar-refractivity contribution in [3.05, 3.63) is 97.9 Å². The molecule has 0 fully saturated rings. The molecule has 27 heavy (non-hydrogen) atoms. The zero-order chi connectivity index (χ0) is 18.9. The maximum Gasteiger partial charge on any atom is 0.281 e. The van der Waals surface area contributed by atoms with Crippen LogP contribution in [0.25, 0.3) is 0 Å². The predicted octanol–water partition coefficient (Wildman–Crippen LogP) is 3.69. The van der Waals surface area contributed by atoms with Gasteiger partial charge in [0.2, 0.25) is 5.78 Å². The van der Waals surface area contributed by atoms with E-state index in [1.807, 2.05) is 35.8 Å². The van der Waals surface area contributed by atoms with E-state index in [1.165, 1.54) is 18.2 Å². The topological polar surface area (TPSA) is 82.2 Å². The summed E-state index contributed by atoms with van der Waals surface area (Å²) in [5.74, 6) is -0.816. The quantitative estimate of drug-likeness (QED) is 0.384. The number of fused-ring (bicyclic) bond motifs is 5. The summed E-state index contributed by atoms with van der Waals surface area (Å²) in [5.41, 5.74) is 3.42. The number of rotatable bonds is 1. The molecule has 0 radical (unpaired) electrons. The number of hydrogen-bond donors (Lipinski definition) is 0. The molecule has 1 unspecified atom stereocenters. The Morgan fingerprint density at radius 1 is 1.00 bits per heavy atom. The number of nitrogens with zero attached hydrogens (tertiary/aromatic N) is 2. The van der Waals surface area contributed by atoms with Gasteiger partial charge in [-0.15, -0.1) is 0 Å². The first-order valence-corrected chi connectivity index (χ1v) is 8.66. The molecule has 1 aliphatic carbocycles. The van der Waals surface area contributed by atoms with E-state index < -0.39 is 10.7 Å². The Morgan fingerprint density at radius 2 is 1.74 bits per heavy atom. The van der Waals surface area contributed by atoms with Gasteiger partial charge >= 0.3 is 0 Å². The first-order chi connectivity index (χ1) is 13.0. The van der Waals surface area contributed by atoms with Crippen molar-refractivity contribution in [1.82, 2.24) is 4.57 Å². The van der Waals surface area contributed by atoms with Crippen molar-refractivity contribution < 1.29 is 14.5 Å². The second-order valence-corrected chi connectivity index (χ2v) is 6.97. The third-order valence-electron chi connectivity index (χ3n) is 5.57. The number of carbonyl (C=O) groups is 2. The first-order valence-electron chi connectivity index (χ1n) is 8.66. The molecule has 0 saturated heterocycles. The molecule has 1 aromatic heterocycles. The van der Waals surface area contributed by atoms with Gasteiger partial charge in [0.05, 0.1) is 16.1 Å². The van der Waals surface area contributed by atoms with Gasteiger partial charge < -0.3 is 4.57 Å². The van der Waals surface area contributed by atoms with Crippen molar-refractivity contribution >= 4 is 17.3 Å². The zero-order valence-electron chi connectivity index (χ0n) is 14.4. The monoisotopic (exact) mass is 358 g/mol. The Kier molecular flexibility index (Phi) is 3.04. The highest BCUT2D eigenvalue weighted by molar-refractivity contribution is 6.30. The van der Waals surface area contributed by atoms with Crippen LogP contribution in [-0.4, -0.2) is 21.1 Å². The number of carbonyl (C=O) groups excluding carboxylic acids is 2. The van der Waals surface area contributed by atoms with Crippen LogP contribution in [0.15, 0.2) is 48.7 Å². The molecule has 0 N–H and O–H groups in total. The van der Waals surface area contributed by atoms with Gasteiger partial charge in [-0.3, -0.25) is 19.7 Å². The normalized spacial score (nSPS) is 17.0. The van der Waals surface area contributed by atoms with Crippen LogP contribution in [0.4, 0.5) is 5.69 Å². The Bertz CT molecular complexity index is 1190. The predicted molar refractivity (Wildman–Crippen MR) is 97.5 cm³/mol. The molecule has 1 aliphatic heterocycles. The maximum atomic E-state index is 13.2. The lowest BCUT2D eigenvalue weighted by Crippen LogP contribution is -2.23. The molecule has 6 nitrogen and oxygen atoms in total. The van der Waals surface area contributed by atoms with E-state index in [4.69, 9.17) is 0 Å². The molecule has 0 saturated carbocycles. The summed E-state index contributed by atoms with van der Waals surface area (Å²) < 4.78 is 1.94. The Balaban J connectivity index is 1.77. The van der Waals surface area contributed by atoms with Crippen molar-refractivity contribution in [2.24, 2.45) is 0 Å². The van der Waals surface area contributed by atoms with Crippen LogP contribution in [0.1, 0.15) is 61.5 Å². The average Bonchev–Trinajstić information content (AvgIpc) is 3.06. The molecule has 2 aliphatic rings. The van der Waals surface area contributed by atoms with Gasteiger partial charge in [-0.2, -0.15) is 0 Å². The van der Waals surface area contributed by atoms with E-state index in [0.29, 0.717) is 12.1 Å². The van der Waals surface area contributed by atoms with Crippen molar-refractivity contribution in [2.75, 3.05) is 0 Å². The molecule has 2 aromatic carbocycles. The van der Waals surface area contributed by atoms with Gasteiger partial charge in [-0.05, 0) is 17.2 Å². The van der Waals surface area contributed by atoms with Crippen LogP contribution in [0, 0.1) is 10.1 Å². The smallest absolute Gasteiger partial charge is 0.281 e. The molecule has 6 heteroatoms. The summed E-state index contributed by atoms with van der Waals surface area (Å²) in [4.78, 5) is 37.1. The van der Waals surface area contributed by atoms with Gasteiger partial charge in [-0.1, -0.05) is 37.3 Å². The summed E-state index contributed by atoms with van der Waals surface area (Å²) in [7, 11) is 0. The van der Waals surface area contributed by atoms with Crippen molar-refractivity contribution in [1.29, 1.82) is 0 Å². The molecular weight excluding hydrogens is 344 g/mol. The van der Waals surface area contributed by atoms with Crippen molar-refractivity contribution in [3.63, 3.8) is 0 Å². The van der Waals surface area contributed by atoms with Crippen molar-refractivity contribution in [2.45, 2.75) is 19.4 Å². The average molecular weight is 358 g/mol. The van der Waals surface area contributed by atoms with Crippen molar-refractivity contribution in [3.8, 4) is 0 Å². The van der Waals surface area contributed by atoms with E-state index in [9.17, 15) is 19.7 Å². The summed E-state index contributed by atoms with van der Waals surface area (Å²) in [5, 5.41) is 11.4. The summed E-state index contributed by atoms with van der Waals surface area (Å²) >= 11 is 0. The SMILES string of the molecule is CC1c2ccccc2Cn2cc3c(c21)C(=O)c1cccc([N+](=O)[O-])c1C3=O. The number of aromatic nitrogens is 1. The van der Waals surface area contributed by atoms with Crippen LogP contribution in [0.2, 0.25) is 0 Å². The molecule has 5 rings (SSSR count). The summed E-state index contributed by atoms with van der Waals surface area (Å²) in [6, 6.07) is 12.2. The number of nitro groups is 1. The van der Waals surface area contributed by atoms with Crippen LogP contribution < -0.4 is 0 Å². The lowest BCUT2D eigenvalue weighted by Gasteiger charge is -2.26. The lowest BCUT2D eigenvalue weighted by atomic mass is 9.81. The first kappa shape index (κ1) is 15.7. The van der Waals surface area contributed by atoms with Gasteiger partial charge in [0.15, 0.2) is 5.78 Å². The van der Waals surface area contributed by atoms with E-state index in [0.717, 1.165) is 16.8 Å². The van der Waals surface area contributed by atoms with Crippen LogP contribution in [-0.2, 0) is 6.54 Å². The number of nitro benzene ring substituents is 1. The minimum Gasteiger partial charge on any atom is -0.345 e. The fourth-order valence-corrected chi connectivity index (χ4v) is 4.40. The summed E-state index contributed by atoms with van der Waals surface area (Å²) in [6.45, 7) is 2.59. The fraction of sp³-hybridized carbons (Fsp3) is 0.143. The number of ketones is 2. The standard InChI is InChI=1S/C21H14N2O4/c1-11-13-6-3-2-5-12(13)9-22-10-15-18(19(11)22)20(24)14-7-4-8-16(23(26)27)17(14)21(15)25/h2-8,10-11H,9H2,1H3. The third kappa shape index (κ3) is 1.95. The van der Waals surface area contributed by atoms with E-state index in [1.54, 1.807) is 6.20 Å². The second kappa shape index (κ2) is 5.23. The van der Waals surface area contributed by atoms with E-state index >= 15 is 0 Å². The molecule has 0 spiro atoms. The number of hydrogen-bond acceptors (Lipinski definition) is 4. The van der Waals surface area contributed by atoms with E-state index in [-0.39, 0.29) is 34.1 Å². The minimum absolute atomic E-state index is 0.0456. The van der Waals surface area contributed by atoms with Gasteiger partial charge in [-0.25, -0.2) is 0 Å². The fourth-order valence-electron chi connectivity index (χ4n) is 4.40. The van der Waals surface area contributed by atoms with Gasteiger partial charge in [0.25, 0.3) is 5.69 Å². The highest BCUT2D eigenvalue weighted by Crippen LogP contribution is 2.41. The van der Waals surface area contributed by atoms with Crippen LogP contribution in [0.3, 0.4) is 0 Å². The highest BCUT2D eigenvalue weighted by Gasteiger charge is 2.40. The molecule has 1 atom stereocenters. The molecular formula is C21H14N2O4.